The molecule has 0 aliphatic carbocycles. The minimum Gasteiger partial charge on any atom is -0.490 e. The summed E-state index contributed by atoms with van der Waals surface area (Å²) >= 11 is 0. The highest BCUT2D eigenvalue weighted by atomic mass is 19.1. The van der Waals surface area contributed by atoms with E-state index in [1.54, 1.807) is 18.2 Å². The lowest BCUT2D eigenvalue weighted by molar-refractivity contribution is -0.120. The van der Waals surface area contributed by atoms with E-state index in [1.165, 1.54) is 30.5 Å². The summed E-state index contributed by atoms with van der Waals surface area (Å²) in [6.07, 6.45) is 1.48. The van der Waals surface area contributed by atoms with Gasteiger partial charge in [-0.3, -0.25) is 4.79 Å². The summed E-state index contributed by atoms with van der Waals surface area (Å²) in [6.45, 7) is 4.58. The van der Waals surface area contributed by atoms with Gasteiger partial charge in [-0.15, -0.1) is 0 Å². The van der Waals surface area contributed by atoms with Crippen LogP contribution in [-0.4, -0.2) is 31.9 Å². The lowest BCUT2D eigenvalue weighted by Crippen LogP contribution is -2.16. The number of amides is 1. The normalized spacial score (nSPS) is 10.6. The van der Waals surface area contributed by atoms with Gasteiger partial charge in [-0.25, -0.2) is 4.39 Å². The summed E-state index contributed by atoms with van der Waals surface area (Å²) in [5.41, 5.74) is 1.23. The number of anilines is 1. The Bertz CT molecular complexity index is 748. The molecule has 0 aliphatic rings. The molecule has 0 aromatic heterocycles. The van der Waals surface area contributed by atoms with Gasteiger partial charge in [0.1, 0.15) is 5.82 Å². The Morgan fingerprint density at radius 2 is 1.77 bits per heavy atom. The van der Waals surface area contributed by atoms with Gasteiger partial charge in [0.2, 0.25) is 0 Å². The molecule has 7 heteroatoms. The number of hydrogen-bond donors (Lipinski definition) is 1. The summed E-state index contributed by atoms with van der Waals surface area (Å²) in [7, 11) is 0. The Balaban J connectivity index is 1.86. The zero-order valence-electron chi connectivity index (χ0n) is 14.7. The van der Waals surface area contributed by atoms with Crippen LogP contribution in [0.5, 0.6) is 11.5 Å². The van der Waals surface area contributed by atoms with Crippen molar-refractivity contribution in [3.05, 3.63) is 53.8 Å². The number of carbonyl (C=O) groups is 1. The SMILES string of the molecule is CCOc1ccc(/C=N/OCC(=O)Nc2ccc(F)cc2)cc1OCC. The van der Waals surface area contributed by atoms with Crippen LogP contribution >= 0.6 is 0 Å². The molecule has 1 amide bonds. The van der Waals surface area contributed by atoms with Gasteiger partial charge in [0.15, 0.2) is 18.1 Å². The number of nitrogens with zero attached hydrogens (tertiary/aromatic N) is 1. The first kappa shape index (κ1) is 19.2. The molecular formula is C19H21FN2O4. The zero-order valence-corrected chi connectivity index (χ0v) is 14.7. The largest absolute Gasteiger partial charge is 0.490 e. The van der Waals surface area contributed by atoms with Crippen molar-refractivity contribution in [3.63, 3.8) is 0 Å². The van der Waals surface area contributed by atoms with Crippen LogP contribution in [0.4, 0.5) is 10.1 Å². The monoisotopic (exact) mass is 360 g/mol. The second-order valence-corrected chi connectivity index (χ2v) is 5.14. The molecule has 0 aliphatic heterocycles. The number of hydrogen-bond acceptors (Lipinski definition) is 5. The number of ether oxygens (including phenoxy) is 2. The topological polar surface area (TPSA) is 69.2 Å². The molecular weight excluding hydrogens is 339 g/mol. The number of oxime groups is 1. The van der Waals surface area contributed by atoms with Gasteiger partial charge in [0.05, 0.1) is 19.4 Å². The van der Waals surface area contributed by atoms with Gasteiger partial charge in [-0.1, -0.05) is 5.16 Å². The molecule has 2 aromatic carbocycles. The number of halogens is 1. The standard InChI is InChI=1S/C19H21FN2O4/c1-3-24-17-10-5-14(11-18(17)25-4-2)12-21-26-13-19(23)22-16-8-6-15(20)7-9-16/h5-12H,3-4,13H2,1-2H3,(H,22,23)/b21-12+. The van der Waals surface area contributed by atoms with Gasteiger partial charge in [0, 0.05) is 11.3 Å². The molecule has 0 atom stereocenters. The van der Waals surface area contributed by atoms with Crippen molar-refractivity contribution >= 4 is 17.8 Å². The molecule has 1 N–H and O–H groups in total. The predicted molar refractivity (Wildman–Crippen MR) is 97.4 cm³/mol. The van der Waals surface area contributed by atoms with Crippen molar-refractivity contribution in [2.45, 2.75) is 13.8 Å². The molecule has 26 heavy (non-hydrogen) atoms. The van der Waals surface area contributed by atoms with Crippen LogP contribution in [-0.2, 0) is 9.63 Å². The van der Waals surface area contributed by atoms with E-state index >= 15 is 0 Å². The molecule has 0 saturated carbocycles. The first-order chi connectivity index (χ1) is 12.6. The third-order valence-electron chi connectivity index (χ3n) is 3.17. The van der Waals surface area contributed by atoms with E-state index in [2.05, 4.69) is 10.5 Å². The lowest BCUT2D eigenvalue weighted by atomic mass is 10.2. The maximum absolute atomic E-state index is 12.8. The average molecular weight is 360 g/mol. The Morgan fingerprint density at radius 1 is 1.08 bits per heavy atom. The average Bonchev–Trinajstić information content (AvgIpc) is 2.63. The Hall–Kier alpha value is -3.09. The maximum Gasteiger partial charge on any atom is 0.265 e. The minimum atomic E-state index is -0.393. The third kappa shape index (κ3) is 6.08. The molecule has 0 heterocycles. The number of benzene rings is 2. The summed E-state index contributed by atoms with van der Waals surface area (Å²) in [5.74, 6) is 0.513. The summed E-state index contributed by atoms with van der Waals surface area (Å²) < 4.78 is 23.8. The van der Waals surface area contributed by atoms with Crippen molar-refractivity contribution in [2.24, 2.45) is 5.16 Å². The first-order valence-corrected chi connectivity index (χ1v) is 8.22. The van der Waals surface area contributed by atoms with E-state index in [0.29, 0.717) is 30.4 Å². The van der Waals surface area contributed by atoms with E-state index in [1.807, 2.05) is 13.8 Å². The smallest absolute Gasteiger partial charge is 0.265 e. The third-order valence-corrected chi connectivity index (χ3v) is 3.17. The predicted octanol–water partition coefficient (Wildman–Crippen LogP) is 3.61. The molecule has 2 aromatic rings. The van der Waals surface area contributed by atoms with Crippen LogP contribution in [0.1, 0.15) is 19.4 Å². The van der Waals surface area contributed by atoms with E-state index in [9.17, 15) is 9.18 Å². The zero-order chi connectivity index (χ0) is 18.8. The second kappa shape index (κ2) is 10.0. The molecule has 0 saturated heterocycles. The van der Waals surface area contributed by atoms with Crippen LogP contribution in [0.15, 0.2) is 47.6 Å². The molecule has 2 rings (SSSR count). The Labute approximate surface area is 151 Å². The highest BCUT2D eigenvalue weighted by molar-refractivity contribution is 5.91. The van der Waals surface area contributed by atoms with E-state index in [0.717, 1.165) is 5.56 Å². The Kier molecular flexibility index (Phi) is 7.42. The van der Waals surface area contributed by atoms with E-state index in [4.69, 9.17) is 14.3 Å². The van der Waals surface area contributed by atoms with Gasteiger partial charge in [0.25, 0.3) is 5.91 Å². The summed E-state index contributed by atoms with van der Waals surface area (Å²) in [6, 6.07) is 10.8. The van der Waals surface area contributed by atoms with Gasteiger partial charge >= 0.3 is 0 Å². The van der Waals surface area contributed by atoms with Crippen molar-refractivity contribution in [2.75, 3.05) is 25.1 Å². The van der Waals surface area contributed by atoms with E-state index in [-0.39, 0.29) is 12.4 Å². The van der Waals surface area contributed by atoms with Crippen molar-refractivity contribution < 1.29 is 23.5 Å². The van der Waals surface area contributed by atoms with Gasteiger partial charge in [-0.2, -0.15) is 0 Å². The Morgan fingerprint density at radius 3 is 2.46 bits per heavy atom. The highest BCUT2D eigenvalue weighted by Crippen LogP contribution is 2.28. The van der Waals surface area contributed by atoms with Crippen LogP contribution in [0.2, 0.25) is 0 Å². The van der Waals surface area contributed by atoms with Crippen molar-refractivity contribution in [3.8, 4) is 11.5 Å². The molecule has 0 fully saturated rings. The van der Waals surface area contributed by atoms with Crippen molar-refractivity contribution in [1.29, 1.82) is 0 Å². The summed E-state index contributed by atoms with van der Waals surface area (Å²) in [5, 5.41) is 6.35. The fourth-order valence-corrected chi connectivity index (χ4v) is 2.07. The van der Waals surface area contributed by atoms with Crippen LogP contribution < -0.4 is 14.8 Å². The molecule has 6 nitrogen and oxygen atoms in total. The lowest BCUT2D eigenvalue weighted by Gasteiger charge is -2.11. The fourth-order valence-electron chi connectivity index (χ4n) is 2.07. The van der Waals surface area contributed by atoms with Gasteiger partial charge in [-0.05, 0) is 56.3 Å². The number of carbonyl (C=O) groups excluding carboxylic acids is 1. The number of rotatable bonds is 9. The summed E-state index contributed by atoms with van der Waals surface area (Å²) in [4.78, 5) is 16.7. The van der Waals surface area contributed by atoms with Gasteiger partial charge < -0.3 is 19.6 Å². The maximum atomic E-state index is 12.8. The van der Waals surface area contributed by atoms with Crippen LogP contribution in [0.25, 0.3) is 0 Å². The second-order valence-electron chi connectivity index (χ2n) is 5.14. The highest BCUT2D eigenvalue weighted by Gasteiger charge is 2.06. The molecule has 138 valence electrons. The first-order valence-electron chi connectivity index (χ1n) is 8.22. The fraction of sp³-hybridized carbons (Fsp3) is 0.263. The number of nitrogens with one attached hydrogen (secondary N) is 1. The van der Waals surface area contributed by atoms with Crippen LogP contribution in [0, 0.1) is 5.82 Å². The molecule has 0 bridgehead atoms. The minimum absolute atomic E-state index is 0.261. The van der Waals surface area contributed by atoms with Crippen molar-refractivity contribution in [1.82, 2.24) is 0 Å². The van der Waals surface area contributed by atoms with Crippen LogP contribution in [0.3, 0.4) is 0 Å². The molecule has 0 radical (unpaired) electrons. The molecule has 0 spiro atoms. The van der Waals surface area contributed by atoms with E-state index < -0.39 is 5.91 Å². The quantitative estimate of drug-likeness (QED) is 0.548. The molecule has 0 unspecified atom stereocenters.